The smallest absolute Gasteiger partial charge is 0.0221 e. The quantitative estimate of drug-likeness (QED) is 0.774. The van der Waals surface area contributed by atoms with Crippen LogP contribution in [0.2, 0.25) is 0 Å². The lowest BCUT2D eigenvalue weighted by Crippen LogP contribution is -2.47. The number of nitrogens with zero attached hydrogens (tertiary/aromatic N) is 1. The summed E-state index contributed by atoms with van der Waals surface area (Å²) in [5.41, 5.74) is 5.89. The second-order valence-corrected chi connectivity index (χ2v) is 5.66. The van der Waals surface area contributed by atoms with Crippen LogP contribution in [0.4, 0.5) is 0 Å². The molecule has 0 radical (unpaired) electrons. The van der Waals surface area contributed by atoms with E-state index in [0.717, 1.165) is 18.4 Å². The predicted molar refractivity (Wildman–Crippen MR) is 64.8 cm³/mol. The van der Waals surface area contributed by atoms with Gasteiger partial charge in [-0.2, -0.15) is 0 Å². The third-order valence-electron chi connectivity index (χ3n) is 4.34. The first kappa shape index (κ1) is 11.4. The summed E-state index contributed by atoms with van der Waals surface area (Å²) >= 11 is 0. The maximum atomic E-state index is 5.89. The molecule has 1 heterocycles. The molecule has 2 N–H and O–H groups in total. The number of nitrogens with two attached hydrogens (primary N) is 1. The summed E-state index contributed by atoms with van der Waals surface area (Å²) in [4.78, 5) is 2.68. The molecule has 2 atom stereocenters. The summed E-state index contributed by atoms with van der Waals surface area (Å²) in [5, 5.41) is 0. The number of hydrogen-bond donors (Lipinski definition) is 1. The highest BCUT2D eigenvalue weighted by molar-refractivity contribution is 4.83. The lowest BCUT2D eigenvalue weighted by molar-refractivity contribution is 0.104. The van der Waals surface area contributed by atoms with E-state index in [-0.39, 0.29) is 0 Å². The Hall–Kier alpha value is -0.0800. The number of rotatable bonds is 3. The van der Waals surface area contributed by atoms with E-state index in [1.165, 1.54) is 51.6 Å². The topological polar surface area (TPSA) is 29.3 Å². The van der Waals surface area contributed by atoms with Crippen LogP contribution in [0.1, 0.15) is 45.4 Å². The lowest BCUT2D eigenvalue weighted by atomic mass is 9.91. The van der Waals surface area contributed by atoms with E-state index < -0.39 is 0 Å². The van der Waals surface area contributed by atoms with Gasteiger partial charge in [0.25, 0.3) is 0 Å². The third kappa shape index (κ3) is 2.94. The van der Waals surface area contributed by atoms with Crippen molar-refractivity contribution in [3.8, 4) is 0 Å². The molecule has 2 heteroatoms. The van der Waals surface area contributed by atoms with Crippen LogP contribution in [0.15, 0.2) is 0 Å². The maximum Gasteiger partial charge on any atom is 0.0221 e. The zero-order valence-electron chi connectivity index (χ0n) is 10.1. The molecule has 0 aromatic carbocycles. The molecule has 2 fully saturated rings. The van der Waals surface area contributed by atoms with Gasteiger partial charge in [-0.15, -0.1) is 0 Å². The van der Waals surface area contributed by atoms with E-state index >= 15 is 0 Å². The van der Waals surface area contributed by atoms with Gasteiger partial charge in [0.15, 0.2) is 0 Å². The van der Waals surface area contributed by atoms with E-state index in [4.69, 9.17) is 5.73 Å². The average Bonchev–Trinajstić information content (AvgIpc) is 2.73. The van der Waals surface area contributed by atoms with Gasteiger partial charge in [-0.25, -0.2) is 0 Å². The van der Waals surface area contributed by atoms with Gasteiger partial charge < -0.3 is 5.73 Å². The van der Waals surface area contributed by atoms with Gasteiger partial charge in [0.1, 0.15) is 0 Å². The molecule has 0 bridgehead atoms. The Bertz CT molecular complexity index is 187. The van der Waals surface area contributed by atoms with Crippen molar-refractivity contribution in [2.75, 3.05) is 19.6 Å². The fraction of sp³-hybridized carbons (Fsp3) is 1.00. The monoisotopic (exact) mass is 210 g/mol. The molecule has 2 aliphatic rings. The molecule has 15 heavy (non-hydrogen) atoms. The molecular formula is C13H26N2. The van der Waals surface area contributed by atoms with Gasteiger partial charge in [-0.05, 0) is 44.1 Å². The standard InChI is InChI=1S/C13H26N2/c1-11-6-7-15(13(8-11)9-14)10-12-4-2-3-5-12/h11-13H,2-10,14H2,1H3. The minimum Gasteiger partial charge on any atom is -0.329 e. The molecule has 1 aliphatic carbocycles. The molecule has 2 rings (SSSR count). The molecule has 0 aromatic heterocycles. The summed E-state index contributed by atoms with van der Waals surface area (Å²) in [6, 6.07) is 0.675. The molecule has 88 valence electrons. The first-order valence-electron chi connectivity index (χ1n) is 6.73. The van der Waals surface area contributed by atoms with Gasteiger partial charge >= 0.3 is 0 Å². The molecule has 0 aromatic rings. The van der Waals surface area contributed by atoms with Crippen molar-refractivity contribution in [1.29, 1.82) is 0 Å². The fourth-order valence-corrected chi connectivity index (χ4v) is 3.31. The van der Waals surface area contributed by atoms with Crippen LogP contribution >= 0.6 is 0 Å². The van der Waals surface area contributed by atoms with Crippen molar-refractivity contribution in [2.24, 2.45) is 17.6 Å². The van der Waals surface area contributed by atoms with Crippen LogP contribution in [0.25, 0.3) is 0 Å². The summed E-state index contributed by atoms with van der Waals surface area (Å²) < 4.78 is 0. The average molecular weight is 210 g/mol. The Morgan fingerprint density at radius 1 is 1.20 bits per heavy atom. The summed E-state index contributed by atoms with van der Waals surface area (Å²) in [6.45, 7) is 5.85. The first-order valence-corrected chi connectivity index (χ1v) is 6.73. The molecule has 2 nitrogen and oxygen atoms in total. The van der Waals surface area contributed by atoms with Crippen LogP contribution in [0.3, 0.4) is 0 Å². The second kappa shape index (κ2) is 5.31. The lowest BCUT2D eigenvalue weighted by Gasteiger charge is -2.39. The Morgan fingerprint density at radius 2 is 1.93 bits per heavy atom. The highest BCUT2D eigenvalue weighted by atomic mass is 15.2. The van der Waals surface area contributed by atoms with E-state index in [1.807, 2.05) is 0 Å². The van der Waals surface area contributed by atoms with Gasteiger partial charge in [-0.1, -0.05) is 19.8 Å². The maximum absolute atomic E-state index is 5.89. The van der Waals surface area contributed by atoms with Gasteiger partial charge in [-0.3, -0.25) is 4.90 Å². The molecule has 0 spiro atoms. The van der Waals surface area contributed by atoms with Crippen LogP contribution in [0.5, 0.6) is 0 Å². The second-order valence-electron chi connectivity index (χ2n) is 5.66. The number of piperidine rings is 1. The van der Waals surface area contributed by atoms with Crippen molar-refractivity contribution in [1.82, 2.24) is 4.90 Å². The van der Waals surface area contributed by atoms with E-state index in [0.29, 0.717) is 6.04 Å². The Balaban J connectivity index is 1.83. The minimum atomic E-state index is 0.675. The van der Waals surface area contributed by atoms with E-state index in [2.05, 4.69) is 11.8 Å². The van der Waals surface area contributed by atoms with Crippen molar-refractivity contribution >= 4 is 0 Å². The zero-order valence-corrected chi connectivity index (χ0v) is 10.1. The zero-order chi connectivity index (χ0) is 10.7. The van der Waals surface area contributed by atoms with Crippen molar-refractivity contribution in [3.05, 3.63) is 0 Å². The van der Waals surface area contributed by atoms with Crippen LogP contribution in [0, 0.1) is 11.8 Å². The molecule has 1 aliphatic heterocycles. The predicted octanol–water partition coefficient (Wildman–Crippen LogP) is 2.24. The molecule has 2 unspecified atom stereocenters. The summed E-state index contributed by atoms with van der Waals surface area (Å²) in [6.07, 6.45) is 8.55. The minimum absolute atomic E-state index is 0.675. The number of hydrogen-bond acceptors (Lipinski definition) is 2. The van der Waals surface area contributed by atoms with E-state index in [1.54, 1.807) is 0 Å². The van der Waals surface area contributed by atoms with Gasteiger partial charge in [0, 0.05) is 19.1 Å². The fourth-order valence-electron chi connectivity index (χ4n) is 3.31. The van der Waals surface area contributed by atoms with Crippen molar-refractivity contribution in [3.63, 3.8) is 0 Å². The SMILES string of the molecule is CC1CCN(CC2CCCC2)C(CN)C1. The Morgan fingerprint density at radius 3 is 2.60 bits per heavy atom. The molecule has 0 amide bonds. The Kier molecular flexibility index (Phi) is 4.04. The molecule has 1 saturated heterocycles. The van der Waals surface area contributed by atoms with Crippen LogP contribution < -0.4 is 5.73 Å². The van der Waals surface area contributed by atoms with Gasteiger partial charge in [0.05, 0.1) is 0 Å². The Labute approximate surface area is 94.2 Å². The highest BCUT2D eigenvalue weighted by Gasteiger charge is 2.27. The van der Waals surface area contributed by atoms with Crippen molar-refractivity contribution in [2.45, 2.75) is 51.5 Å². The summed E-state index contributed by atoms with van der Waals surface area (Å²) in [5.74, 6) is 1.87. The highest BCUT2D eigenvalue weighted by Crippen LogP contribution is 2.29. The largest absolute Gasteiger partial charge is 0.329 e. The normalized spacial score (nSPS) is 34.8. The van der Waals surface area contributed by atoms with Crippen molar-refractivity contribution < 1.29 is 0 Å². The van der Waals surface area contributed by atoms with Crippen LogP contribution in [-0.4, -0.2) is 30.6 Å². The number of likely N-dealkylation sites (tertiary alicyclic amines) is 1. The first-order chi connectivity index (χ1) is 7.29. The molecule has 1 saturated carbocycles. The van der Waals surface area contributed by atoms with E-state index in [9.17, 15) is 0 Å². The van der Waals surface area contributed by atoms with Crippen LogP contribution in [-0.2, 0) is 0 Å². The van der Waals surface area contributed by atoms with Gasteiger partial charge in [0.2, 0.25) is 0 Å². The summed E-state index contributed by atoms with van der Waals surface area (Å²) in [7, 11) is 0. The molecular weight excluding hydrogens is 184 g/mol. The third-order valence-corrected chi connectivity index (χ3v) is 4.34.